The van der Waals surface area contributed by atoms with Gasteiger partial charge in [0.1, 0.15) is 11.9 Å². The van der Waals surface area contributed by atoms with Crippen LogP contribution in [-0.4, -0.2) is 55.2 Å². The summed E-state index contributed by atoms with van der Waals surface area (Å²) in [6.07, 6.45) is 3.68. The van der Waals surface area contributed by atoms with Gasteiger partial charge in [-0.2, -0.15) is 5.10 Å². The van der Waals surface area contributed by atoms with E-state index < -0.39 is 16.1 Å². The first-order chi connectivity index (χ1) is 11.9. The Labute approximate surface area is 148 Å². The van der Waals surface area contributed by atoms with Crippen LogP contribution in [-0.2, 0) is 26.6 Å². The molecule has 1 amide bonds. The fraction of sp³-hybridized carbons (Fsp3) is 0.750. The molecule has 2 aliphatic heterocycles. The summed E-state index contributed by atoms with van der Waals surface area (Å²) in [5.74, 6) is 0.395. The van der Waals surface area contributed by atoms with Gasteiger partial charge in [0.15, 0.2) is 0 Å². The second kappa shape index (κ2) is 7.43. The predicted molar refractivity (Wildman–Crippen MR) is 93.8 cm³/mol. The second-order valence-corrected chi connectivity index (χ2v) is 8.64. The summed E-state index contributed by atoms with van der Waals surface area (Å²) in [6, 6.07) is 1.11. The number of carbonyl (C=O) groups excluding carboxylic acids is 1. The van der Waals surface area contributed by atoms with Crippen molar-refractivity contribution in [1.82, 2.24) is 14.5 Å². The van der Waals surface area contributed by atoms with E-state index in [1.54, 1.807) is 16.6 Å². The number of aryl methyl sites for hydroxylation is 2. The molecule has 9 heteroatoms. The van der Waals surface area contributed by atoms with Crippen LogP contribution in [0.4, 0.5) is 5.82 Å². The molecule has 0 unspecified atom stereocenters. The number of anilines is 1. The van der Waals surface area contributed by atoms with Crippen molar-refractivity contribution < 1.29 is 17.9 Å². The molecule has 2 atom stereocenters. The third-order valence-corrected chi connectivity index (χ3v) is 6.15. The van der Waals surface area contributed by atoms with Crippen LogP contribution in [0.1, 0.15) is 37.8 Å². The van der Waals surface area contributed by atoms with Gasteiger partial charge >= 0.3 is 0 Å². The number of nitrogens with one attached hydrogen (secondary N) is 1. The monoisotopic (exact) mass is 370 g/mol. The van der Waals surface area contributed by atoms with Crippen molar-refractivity contribution in [2.75, 3.05) is 23.8 Å². The Morgan fingerprint density at radius 2 is 2.12 bits per heavy atom. The normalized spacial score (nSPS) is 25.4. The van der Waals surface area contributed by atoms with Crippen molar-refractivity contribution in [3.63, 3.8) is 0 Å². The molecule has 0 radical (unpaired) electrons. The quantitative estimate of drug-likeness (QED) is 0.824. The summed E-state index contributed by atoms with van der Waals surface area (Å²) >= 11 is 0. The summed E-state index contributed by atoms with van der Waals surface area (Å²) < 4.78 is 34.6. The minimum atomic E-state index is -3.57. The number of piperidine rings is 1. The van der Waals surface area contributed by atoms with Gasteiger partial charge in [-0.1, -0.05) is 0 Å². The van der Waals surface area contributed by atoms with Gasteiger partial charge in [-0.15, -0.1) is 0 Å². The van der Waals surface area contributed by atoms with Gasteiger partial charge in [-0.25, -0.2) is 13.1 Å². The van der Waals surface area contributed by atoms with Crippen LogP contribution in [0.2, 0.25) is 0 Å². The molecule has 25 heavy (non-hydrogen) atoms. The Bertz CT molecular complexity index is 724. The fourth-order valence-corrected chi connectivity index (χ4v) is 5.01. The molecule has 8 nitrogen and oxygen atoms in total. The third kappa shape index (κ3) is 4.39. The maximum atomic E-state index is 12.8. The summed E-state index contributed by atoms with van der Waals surface area (Å²) in [5, 5.41) is 4.27. The average molecular weight is 370 g/mol. The standard InChI is InChI=1S/C16H26N4O4S/c1-12-10-15(19(2)17-12)20-8-5-7-14(16(20)21)18-25(22,23)11-13-6-3-4-9-24-13/h10,13-14,18H,3-9,11H2,1-2H3/t13-,14-/m1/s1. The number of carbonyl (C=O) groups is 1. The first-order valence-electron chi connectivity index (χ1n) is 8.79. The molecule has 0 aliphatic carbocycles. The number of nitrogens with zero attached hydrogens (tertiary/aromatic N) is 3. The highest BCUT2D eigenvalue weighted by Crippen LogP contribution is 2.22. The van der Waals surface area contributed by atoms with Crippen molar-refractivity contribution in [1.29, 1.82) is 0 Å². The van der Waals surface area contributed by atoms with Crippen molar-refractivity contribution in [3.05, 3.63) is 11.8 Å². The van der Waals surface area contributed by atoms with Gasteiger partial charge in [-0.3, -0.25) is 14.4 Å². The summed E-state index contributed by atoms with van der Waals surface area (Å²) in [6.45, 7) is 3.04. The smallest absolute Gasteiger partial charge is 0.246 e. The molecule has 2 aliphatic rings. The molecule has 1 aromatic heterocycles. The number of aromatic nitrogens is 2. The minimum Gasteiger partial charge on any atom is -0.377 e. The van der Waals surface area contributed by atoms with E-state index in [0.717, 1.165) is 31.4 Å². The number of rotatable bonds is 5. The van der Waals surface area contributed by atoms with E-state index in [1.807, 2.05) is 13.0 Å². The summed E-state index contributed by atoms with van der Waals surface area (Å²) in [7, 11) is -1.79. The number of amides is 1. The molecule has 140 valence electrons. The largest absolute Gasteiger partial charge is 0.377 e. The highest BCUT2D eigenvalue weighted by molar-refractivity contribution is 7.89. The number of ether oxygens (including phenoxy) is 1. The molecule has 0 bridgehead atoms. The molecule has 0 aromatic carbocycles. The maximum Gasteiger partial charge on any atom is 0.246 e. The second-order valence-electron chi connectivity index (χ2n) is 6.84. The van der Waals surface area contributed by atoms with Crippen LogP contribution in [0, 0.1) is 6.92 Å². The van der Waals surface area contributed by atoms with E-state index >= 15 is 0 Å². The van der Waals surface area contributed by atoms with Gasteiger partial charge in [-0.05, 0) is 39.0 Å². The Kier molecular flexibility index (Phi) is 5.45. The Morgan fingerprint density at radius 1 is 1.32 bits per heavy atom. The molecule has 1 aromatic rings. The topological polar surface area (TPSA) is 93.5 Å². The SMILES string of the molecule is Cc1cc(N2CCC[C@@H](NS(=O)(=O)C[C@H]3CCCCO3)C2=O)n(C)n1. The van der Waals surface area contributed by atoms with E-state index in [2.05, 4.69) is 9.82 Å². The summed E-state index contributed by atoms with van der Waals surface area (Å²) in [4.78, 5) is 14.4. The lowest BCUT2D eigenvalue weighted by molar-refractivity contribution is -0.121. The molecule has 3 rings (SSSR count). The van der Waals surface area contributed by atoms with E-state index in [9.17, 15) is 13.2 Å². The lowest BCUT2D eigenvalue weighted by atomic mass is 10.1. The van der Waals surface area contributed by atoms with E-state index in [1.165, 1.54) is 0 Å². The number of hydrogen-bond donors (Lipinski definition) is 1. The van der Waals surface area contributed by atoms with Crippen molar-refractivity contribution in [2.24, 2.45) is 7.05 Å². The van der Waals surface area contributed by atoms with Gasteiger partial charge < -0.3 is 4.74 Å². The highest BCUT2D eigenvalue weighted by Gasteiger charge is 2.34. The predicted octanol–water partition coefficient (Wildman–Crippen LogP) is 0.712. The van der Waals surface area contributed by atoms with Crippen molar-refractivity contribution in [2.45, 2.75) is 51.2 Å². The van der Waals surface area contributed by atoms with Crippen LogP contribution in [0.15, 0.2) is 6.07 Å². The zero-order valence-corrected chi connectivity index (χ0v) is 15.6. The molecule has 3 heterocycles. The maximum absolute atomic E-state index is 12.8. The van der Waals surface area contributed by atoms with Crippen LogP contribution in [0.25, 0.3) is 0 Å². The average Bonchev–Trinajstić information content (AvgIpc) is 2.88. The van der Waals surface area contributed by atoms with E-state index in [4.69, 9.17) is 4.74 Å². The van der Waals surface area contributed by atoms with Gasteiger partial charge in [0.2, 0.25) is 15.9 Å². The van der Waals surface area contributed by atoms with Gasteiger partial charge in [0.25, 0.3) is 0 Å². The first kappa shape index (κ1) is 18.3. The summed E-state index contributed by atoms with van der Waals surface area (Å²) in [5.41, 5.74) is 0.822. The molecular formula is C16H26N4O4S. The highest BCUT2D eigenvalue weighted by atomic mass is 32.2. The zero-order valence-electron chi connectivity index (χ0n) is 14.8. The van der Waals surface area contributed by atoms with Crippen LogP contribution < -0.4 is 9.62 Å². The molecule has 2 saturated heterocycles. The van der Waals surface area contributed by atoms with Gasteiger partial charge in [0.05, 0.1) is 17.6 Å². The lowest BCUT2D eigenvalue weighted by Gasteiger charge is -2.32. The molecule has 0 spiro atoms. The lowest BCUT2D eigenvalue weighted by Crippen LogP contribution is -2.53. The zero-order chi connectivity index (χ0) is 18.0. The number of hydrogen-bond acceptors (Lipinski definition) is 5. The third-order valence-electron chi connectivity index (χ3n) is 4.69. The number of sulfonamides is 1. The minimum absolute atomic E-state index is 0.0817. The molecular weight excluding hydrogens is 344 g/mol. The first-order valence-corrected chi connectivity index (χ1v) is 10.4. The van der Waals surface area contributed by atoms with Gasteiger partial charge in [0, 0.05) is 26.3 Å². The molecule has 2 fully saturated rings. The van der Waals surface area contributed by atoms with Crippen LogP contribution >= 0.6 is 0 Å². The van der Waals surface area contributed by atoms with E-state index in [0.29, 0.717) is 25.4 Å². The van der Waals surface area contributed by atoms with E-state index in [-0.39, 0.29) is 17.8 Å². The molecule has 0 saturated carbocycles. The van der Waals surface area contributed by atoms with Crippen molar-refractivity contribution in [3.8, 4) is 0 Å². The fourth-order valence-electron chi connectivity index (χ4n) is 3.51. The Hall–Kier alpha value is -1.45. The van der Waals surface area contributed by atoms with Crippen molar-refractivity contribution >= 4 is 21.7 Å². The van der Waals surface area contributed by atoms with Crippen LogP contribution in [0.5, 0.6) is 0 Å². The van der Waals surface area contributed by atoms with Crippen LogP contribution in [0.3, 0.4) is 0 Å². The Balaban J connectivity index is 1.67. The Morgan fingerprint density at radius 3 is 2.76 bits per heavy atom. The molecule has 1 N–H and O–H groups in total.